The van der Waals surface area contributed by atoms with Crippen molar-refractivity contribution in [2.45, 2.75) is 37.6 Å². The average Bonchev–Trinajstić information content (AvgIpc) is 2.26. The van der Waals surface area contributed by atoms with E-state index in [1.165, 1.54) is 13.5 Å². The highest BCUT2D eigenvalue weighted by molar-refractivity contribution is 5.80. The zero-order chi connectivity index (χ0) is 10.4. The minimum absolute atomic E-state index is 0.174. The van der Waals surface area contributed by atoms with Crippen molar-refractivity contribution in [2.24, 2.45) is 0 Å². The molecule has 1 aliphatic carbocycles. The molecule has 78 valence electrons. The Balaban J connectivity index is 2.67. The van der Waals surface area contributed by atoms with E-state index in [0.29, 0.717) is 6.54 Å². The lowest BCUT2D eigenvalue weighted by atomic mass is 9.81. The number of carbonyl (C=O) groups is 1. The van der Waals surface area contributed by atoms with Gasteiger partial charge in [-0.15, -0.1) is 6.42 Å². The maximum absolute atomic E-state index is 11.6. The van der Waals surface area contributed by atoms with E-state index in [1.54, 1.807) is 0 Å². The zero-order valence-electron chi connectivity index (χ0n) is 8.64. The first-order valence-corrected chi connectivity index (χ1v) is 5.02. The Morgan fingerprint density at radius 1 is 1.50 bits per heavy atom. The third-order valence-electron chi connectivity index (χ3n) is 2.81. The van der Waals surface area contributed by atoms with E-state index in [-0.39, 0.29) is 5.97 Å². The van der Waals surface area contributed by atoms with Gasteiger partial charge in [0.1, 0.15) is 5.54 Å². The van der Waals surface area contributed by atoms with E-state index in [2.05, 4.69) is 11.2 Å². The highest BCUT2D eigenvalue weighted by Gasteiger charge is 2.39. The molecule has 0 amide bonds. The summed E-state index contributed by atoms with van der Waals surface area (Å²) in [7, 11) is 1.43. The Bertz CT molecular complexity index is 236. The second kappa shape index (κ2) is 5.02. The average molecular weight is 195 g/mol. The SMILES string of the molecule is C#CCNC1(C(=O)OC)CCCCC1. The van der Waals surface area contributed by atoms with Crippen molar-refractivity contribution in [3.05, 3.63) is 0 Å². The van der Waals surface area contributed by atoms with Crippen LogP contribution in [0.3, 0.4) is 0 Å². The lowest BCUT2D eigenvalue weighted by Gasteiger charge is -2.34. The Morgan fingerprint density at radius 3 is 2.64 bits per heavy atom. The van der Waals surface area contributed by atoms with Gasteiger partial charge in [0.15, 0.2) is 0 Å². The molecule has 0 heterocycles. The third kappa shape index (κ3) is 2.27. The fourth-order valence-electron chi connectivity index (χ4n) is 2.02. The quantitative estimate of drug-likeness (QED) is 0.541. The van der Waals surface area contributed by atoms with Crippen molar-refractivity contribution in [3.8, 4) is 12.3 Å². The van der Waals surface area contributed by atoms with Crippen LogP contribution in [0.15, 0.2) is 0 Å². The Kier molecular flexibility index (Phi) is 3.97. The van der Waals surface area contributed by atoms with Crippen LogP contribution >= 0.6 is 0 Å². The first-order valence-electron chi connectivity index (χ1n) is 5.02. The van der Waals surface area contributed by atoms with Gasteiger partial charge in [0.25, 0.3) is 0 Å². The van der Waals surface area contributed by atoms with Crippen molar-refractivity contribution in [3.63, 3.8) is 0 Å². The molecule has 0 aliphatic heterocycles. The Hall–Kier alpha value is -1.01. The van der Waals surface area contributed by atoms with Crippen molar-refractivity contribution in [1.82, 2.24) is 5.32 Å². The van der Waals surface area contributed by atoms with Gasteiger partial charge in [-0.25, -0.2) is 0 Å². The molecule has 0 spiro atoms. The Morgan fingerprint density at radius 2 is 2.14 bits per heavy atom. The fourth-order valence-corrected chi connectivity index (χ4v) is 2.02. The lowest BCUT2D eigenvalue weighted by molar-refractivity contribution is -0.150. The normalized spacial score (nSPS) is 19.7. The molecule has 1 aliphatic rings. The maximum atomic E-state index is 11.6. The first kappa shape index (κ1) is 11.1. The summed E-state index contributed by atoms with van der Waals surface area (Å²) < 4.78 is 4.82. The van der Waals surface area contributed by atoms with Crippen molar-refractivity contribution in [2.75, 3.05) is 13.7 Å². The summed E-state index contributed by atoms with van der Waals surface area (Å²) in [5.74, 6) is 2.33. The number of hydrogen-bond acceptors (Lipinski definition) is 3. The van der Waals surface area contributed by atoms with E-state index in [4.69, 9.17) is 11.2 Å². The minimum Gasteiger partial charge on any atom is -0.468 e. The summed E-state index contributed by atoms with van der Waals surface area (Å²) in [6.45, 7) is 0.426. The summed E-state index contributed by atoms with van der Waals surface area (Å²) in [5, 5.41) is 3.12. The highest BCUT2D eigenvalue weighted by atomic mass is 16.5. The summed E-state index contributed by atoms with van der Waals surface area (Å²) in [6, 6.07) is 0. The lowest BCUT2D eigenvalue weighted by Crippen LogP contribution is -2.54. The number of nitrogens with one attached hydrogen (secondary N) is 1. The third-order valence-corrected chi connectivity index (χ3v) is 2.81. The molecule has 0 aromatic carbocycles. The van der Waals surface area contributed by atoms with Crippen LogP contribution in [-0.4, -0.2) is 25.2 Å². The number of terminal acetylenes is 1. The standard InChI is InChI=1S/C11H17NO2/c1-3-9-12-11(10(13)14-2)7-5-4-6-8-11/h1,12H,4-9H2,2H3. The first-order chi connectivity index (χ1) is 6.75. The van der Waals surface area contributed by atoms with Crippen LogP contribution in [0.2, 0.25) is 0 Å². The number of carbonyl (C=O) groups excluding carboxylic acids is 1. The molecule has 0 saturated heterocycles. The molecule has 1 N–H and O–H groups in total. The molecule has 14 heavy (non-hydrogen) atoms. The molecule has 0 aromatic rings. The molecule has 1 saturated carbocycles. The van der Waals surface area contributed by atoms with Crippen LogP contribution in [0.25, 0.3) is 0 Å². The Labute approximate surface area is 85.2 Å². The molecule has 1 fully saturated rings. The number of methoxy groups -OCH3 is 1. The van der Waals surface area contributed by atoms with Gasteiger partial charge in [-0.05, 0) is 12.8 Å². The molecule has 3 nitrogen and oxygen atoms in total. The van der Waals surface area contributed by atoms with Crippen LogP contribution in [0.5, 0.6) is 0 Å². The van der Waals surface area contributed by atoms with Crippen molar-refractivity contribution in [1.29, 1.82) is 0 Å². The second-order valence-electron chi connectivity index (χ2n) is 3.69. The van der Waals surface area contributed by atoms with Gasteiger partial charge in [0, 0.05) is 0 Å². The van der Waals surface area contributed by atoms with Gasteiger partial charge < -0.3 is 4.74 Å². The summed E-state index contributed by atoms with van der Waals surface area (Å²) in [6.07, 6.45) is 10.2. The predicted molar refractivity (Wildman–Crippen MR) is 54.7 cm³/mol. The van der Waals surface area contributed by atoms with E-state index >= 15 is 0 Å². The molecule has 3 heteroatoms. The maximum Gasteiger partial charge on any atom is 0.326 e. The molecular weight excluding hydrogens is 178 g/mol. The molecular formula is C11H17NO2. The second-order valence-corrected chi connectivity index (χ2v) is 3.69. The zero-order valence-corrected chi connectivity index (χ0v) is 8.64. The molecule has 1 rings (SSSR count). The predicted octanol–water partition coefficient (Wildman–Crippen LogP) is 1.09. The van der Waals surface area contributed by atoms with Crippen LogP contribution in [0.4, 0.5) is 0 Å². The number of rotatable bonds is 3. The molecule has 0 aromatic heterocycles. The minimum atomic E-state index is -0.515. The molecule has 0 bridgehead atoms. The van der Waals surface area contributed by atoms with Gasteiger partial charge in [0.2, 0.25) is 0 Å². The summed E-state index contributed by atoms with van der Waals surface area (Å²) in [5.41, 5.74) is -0.515. The fraction of sp³-hybridized carbons (Fsp3) is 0.727. The highest BCUT2D eigenvalue weighted by Crippen LogP contribution is 2.29. The number of ether oxygens (including phenoxy) is 1. The van der Waals surface area contributed by atoms with Crippen LogP contribution in [-0.2, 0) is 9.53 Å². The molecule has 0 atom stereocenters. The summed E-state index contributed by atoms with van der Waals surface area (Å²) >= 11 is 0. The van der Waals surface area contributed by atoms with Gasteiger partial charge in [0.05, 0.1) is 13.7 Å². The van der Waals surface area contributed by atoms with E-state index in [0.717, 1.165) is 25.7 Å². The molecule has 0 radical (unpaired) electrons. The number of hydrogen-bond donors (Lipinski definition) is 1. The van der Waals surface area contributed by atoms with E-state index in [1.807, 2.05) is 0 Å². The van der Waals surface area contributed by atoms with Gasteiger partial charge >= 0.3 is 5.97 Å². The van der Waals surface area contributed by atoms with Gasteiger partial charge in [-0.2, -0.15) is 0 Å². The van der Waals surface area contributed by atoms with E-state index in [9.17, 15) is 4.79 Å². The van der Waals surface area contributed by atoms with Crippen LogP contribution < -0.4 is 5.32 Å². The van der Waals surface area contributed by atoms with Gasteiger partial charge in [-0.3, -0.25) is 10.1 Å². The smallest absolute Gasteiger partial charge is 0.326 e. The molecule has 0 unspecified atom stereocenters. The monoisotopic (exact) mass is 195 g/mol. The van der Waals surface area contributed by atoms with Crippen LogP contribution in [0.1, 0.15) is 32.1 Å². The number of esters is 1. The van der Waals surface area contributed by atoms with Crippen molar-refractivity contribution < 1.29 is 9.53 Å². The van der Waals surface area contributed by atoms with Crippen molar-refractivity contribution >= 4 is 5.97 Å². The summed E-state index contributed by atoms with van der Waals surface area (Å²) in [4.78, 5) is 11.6. The largest absolute Gasteiger partial charge is 0.468 e. The topological polar surface area (TPSA) is 38.3 Å². The van der Waals surface area contributed by atoms with Gasteiger partial charge in [-0.1, -0.05) is 25.2 Å². The van der Waals surface area contributed by atoms with Crippen LogP contribution in [0, 0.1) is 12.3 Å². The van der Waals surface area contributed by atoms with E-state index < -0.39 is 5.54 Å².